The second-order valence-electron chi connectivity index (χ2n) is 4.37. The molecular weight excluding hydrogens is 299 g/mol. The van der Waals surface area contributed by atoms with Gasteiger partial charge in [0.15, 0.2) is 12.2 Å². The van der Waals surface area contributed by atoms with Crippen molar-refractivity contribution in [3.8, 4) is 5.75 Å². The van der Waals surface area contributed by atoms with Crippen molar-refractivity contribution in [3.63, 3.8) is 0 Å². The molecule has 0 bridgehead atoms. The van der Waals surface area contributed by atoms with Crippen molar-refractivity contribution < 1.29 is 27.8 Å². The number of hydrogen-bond acceptors (Lipinski definition) is 3. The molecule has 0 radical (unpaired) electrons. The van der Waals surface area contributed by atoms with E-state index >= 15 is 0 Å². The van der Waals surface area contributed by atoms with Crippen LogP contribution in [0.1, 0.15) is 5.56 Å². The van der Waals surface area contributed by atoms with Crippen LogP contribution in [0.25, 0.3) is 0 Å². The fraction of sp³-hybridized carbons (Fsp3) is 0.417. The summed E-state index contributed by atoms with van der Waals surface area (Å²) in [6, 6.07) is 4.82. The molecule has 4 nitrogen and oxygen atoms in total. The van der Waals surface area contributed by atoms with Gasteiger partial charge in [0.2, 0.25) is 0 Å². The van der Waals surface area contributed by atoms with Gasteiger partial charge in [-0.1, -0.05) is 11.6 Å². The van der Waals surface area contributed by atoms with Crippen molar-refractivity contribution in [2.45, 2.75) is 24.8 Å². The van der Waals surface area contributed by atoms with Crippen molar-refractivity contribution in [3.05, 3.63) is 28.8 Å². The van der Waals surface area contributed by atoms with Crippen LogP contribution in [0.5, 0.6) is 5.75 Å². The van der Waals surface area contributed by atoms with E-state index in [1.807, 2.05) is 5.32 Å². The first-order chi connectivity index (χ1) is 9.27. The monoisotopic (exact) mass is 309 g/mol. The molecule has 0 aliphatic carbocycles. The molecule has 1 aliphatic rings. The van der Waals surface area contributed by atoms with Gasteiger partial charge in [0.05, 0.1) is 6.54 Å². The standard InChI is InChI=1S/C12H11ClF3NO3/c13-7-1-2-8-6(3-7)4-9(20-8)11(19)17-5-10(18)12(14,15)16/h1-3,9-10,18H,4-5H2,(H,17,19). The summed E-state index contributed by atoms with van der Waals surface area (Å²) in [6.07, 6.45) is -8.04. The third-order valence-corrected chi connectivity index (χ3v) is 3.07. The minimum absolute atomic E-state index is 0.226. The molecule has 8 heteroatoms. The largest absolute Gasteiger partial charge is 0.480 e. The van der Waals surface area contributed by atoms with Gasteiger partial charge in [-0.25, -0.2) is 0 Å². The molecule has 2 unspecified atom stereocenters. The number of aliphatic hydroxyl groups excluding tert-OH is 1. The van der Waals surface area contributed by atoms with Crippen molar-refractivity contribution in [1.29, 1.82) is 0 Å². The normalized spacial score (nSPS) is 19.1. The molecule has 2 N–H and O–H groups in total. The molecule has 1 aliphatic heterocycles. The van der Waals surface area contributed by atoms with E-state index in [1.54, 1.807) is 18.2 Å². The maximum absolute atomic E-state index is 12.1. The summed E-state index contributed by atoms with van der Waals surface area (Å²) < 4.78 is 41.6. The van der Waals surface area contributed by atoms with Crippen molar-refractivity contribution in [1.82, 2.24) is 5.32 Å². The Kier molecular flexibility index (Phi) is 4.10. The average Bonchev–Trinajstić information content (AvgIpc) is 2.77. The van der Waals surface area contributed by atoms with Crippen LogP contribution in [0.15, 0.2) is 18.2 Å². The number of benzene rings is 1. The maximum atomic E-state index is 12.1. The lowest BCUT2D eigenvalue weighted by Crippen LogP contribution is -2.45. The first-order valence-electron chi connectivity index (χ1n) is 5.75. The van der Waals surface area contributed by atoms with Crippen LogP contribution in [0.3, 0.4) is 0 Å². The van der Waals surface area contributed by atoms with E-state index in [0.29, 0.717) is 16.3 Å². The molecule has 1 amide bonds. The summed E-state index contributed by atoms with van der Waals surface area (Å²) in [6.45, 7) is -0.903. The van der Waals surface area contributed by atoms with Crippen molar-refractivity contribution in [2.75, 3.05) is 6.54 Å². The quantitative estimate of drug-likeness (QED) is 0.893. The van der Waals surface area contributed by atoms with E-state index in [9.17, 15) is 18.0 Å². The van der Waals surface area contributed by atoms with Gasteiger partial charge < -0.3 is 15.2 Å². The fourth-order valence-electron chi connectivity index (χ4n) is 1.79. The topological polar surface area (TPSA) is 58.6 Å². The van der Waals surface area contributed by atoms with Crippen molar-refractivity contribution >= 4 is 17.5 Å². The maximum Gasteiger partial charge on any atom is 0.416 e. The smallest absolute Gasteiger partial charge is 0.416 e. The van der Waals surface area contributed by atoms with Crippen LogP contribution in [-0.2, 0) is 11.2 Å². The lowest BCUT2D eigenvalue weighted by molar-refractivity contribution is -0.202. The van der Waals surface area contributed by atoms with Gasteiger partial charge >= 0.3 is 6.18 Å². The molecule has 0 spiro atoms. The van der Waals surface area contributed by atoms with Gasteiger partial charge in [-0.3, -0.25) is 4.79 Å². The Balaban J connectivity index is 1.90. The summed E-state index contributed by atoms with van der Waals surface area (Å²) in [5, 5.41) is 11.3. The zero-order valence-electron chi connectivity index (χ0n) is 10.1. The zero-order valence-corrected chi connectivity index (χ0v) is 10.8. The molecule has 20 heavy (non-hydrogen) atoms. The second kappa shape index (κ2) is 5.49. The summed E-state index contributed by atoms with van der Waals surface area (Å²) in [5.74, 6) is -0.230. The lowest BCUT2D eigenvalue weighted by Gasteiger charge is -2.16. The van der Waals surface area contributed by atoms with Crippen LogP contribution in [0.2, 0.25) is 5.02 Å². The van der Waals surface area contributed by atoms with Gasteiger partial charge in [-0.2, -0.15) is 13.2 Å². The zero-order chi connectivity index (χ0) is 14.9. The second-order valence-corrected chi connectivity index (χ2v) is 4.80. The highest BCUT2D eigenvalue weighted by Crippen LogP contribution is 2.31. The average molecular weight is 310 g/mol. The highest BCUT2D eigenvalue weighted by molar-refractivity contribution is 6.30. The minimum Gasteiger partial charge on any atom is -0.480 e. The van der Waals surface area contributed by atoms with E-state index in [-0.39, 0.29) is 6.42 Å². The Morgan fingerprint density at radius 1 is 1.55 bits per heavy atom. The number of carbonyl (C=O) groups excluding carboxylic acids is 1. The first kappa shape index (κ1) is 14.9. The molecule has 1 aromatic rings. The molecule has 1 aromatic carbocycles. The highest BCUT2D eigenvalue weighted by Gasteiger charge is 2.39. The van der Waals surface area contributed by atoms with E-state index < -0.39 is 30.8 Å². The summed E-state index contributed by atoms with van der Waals surface area (Å²) >= 11 is 5.79. The number of rotatable bonds is 3. The van der Waals surface area contributed by atoms with Crippen LogP contribution in [0, 0.1) is 0 Å². The summed E-state index contributed by atoms with van der Waals surface area (Å²) in [5.41, 5.74) is 0.717. The van der Waals surface area contributed by atoms with Crippen LogP contribution < -0.4 is 10.1 Å². The Bertz CT molecular complexity index is 521. The number of ether oxygens (including phenoxy) is 1. The molecule has 2 rings (SSSR count). The van der Waals surface area contributed by atoms with Crippen molar-refractivity contribution in [2.24, 2.45) is 0 Å². The Morgan fingerprint density at radius 2 is 2.25 bits per heavy atom. The number of alkyl halides is 3. The molecule has 2 atom stereocenters. The van der Waals surface area contributed by atoms with Gasteiger partial charge in [0.25, 0.3) is 5.91 Å². The van der Waals surface area contributed by atoms with Gasteiger partial charge in [0.1, 0.15) is 5.75 Å². The van der Waals surface area contributed by atoms with E-state index in [2.05, 4.69) is 0 Å². The molecule has 0 aromatic heterocycles. The number of hydrogen-bond donors (Lipinski definition) is 2. The Hall–Kier alpha value is -1.47. The number of halogens is 4. The van der Waals surface area contributed by atoms with Gasteiger partial charge in [0, 0.05) is 11.4 Å². The Labute approximate surface area is 117 Å². The predicted octanol–water partition coefficient (Wildman–Crippen LogP) is 1.68. The van der Waals surface area contributed by atoms with E-state index in [1.165, 1.54) is 0 Å². The SMILES string of the molecule is O=C(NCC(O)C(F)(F)F)C1Cc2cc(Cl)ccc2O1. The molecule has 0 fully saturated rings. The number of amides is 1. The molecule has 1 heterocycles. The van der Waals surface area contributed by atoms with Crippen LogP contribution in [-0.4, -0.2) is 35.9 Å². The van der Waals surface area contributed by atoms with Crippen LogP contribution >= 0.6 is 11.6 Å². The summed E-state index contributed by atoms with van der Waals surface area (Å²) in [4.78, 5) is 11.7. The highest BCUT2D eigenvalue weighted by atomic mass is 35.5. The summed E-state index contributed by atoms with van der Waals surface area (Å²) in [7, 11) is 0. The molecular formula is C12H11ClF3NO3. The number of nitrogens with one attached hydrogen (secondary N) is 1. The van der Waals surface area contributed by atoms with Gasteiger partial charge in [-0.15, -0.1) is 0 Å². The fourth-order valence-corrected chi connectivity index (χ4v) is 1.98. The third kappa shape index (κ3) is 3.34. The number of fused-ring (bicyclic) bond motifs is 1. The third-order valence-electron chi connectivity index (χ3n) is 2.84. The van der Waals surface area contributed by atoms with Gasteiger partial charge in [-0.05, 0) is 23.8 Å². The van der Waals surface area contributed by atoms with E-state index in [0.717, 1.165) is 0 Å². The van der Waals surface area contributed by atoms with Crippen LogP contribution in [0.4, 0.5) is 13.2 Å². The molecule has 0 saturated carbocycles. The van der Waals surface area contributed by atoms with E-state index in [4.69, 9.17) is 21.4 Å². The Morgan fingerprint density at radius 3 is 2.90 bits per heavy atom. The minimum atomic E-state index is -4.76. The number of aliphatic hydroxyl groups is 1. The first-order valence-corrected chi connectivity index (χ1v) is 6.13. The molecule has 0 saturated heterocycles. The number of carbonyl (C=O) groups is 1. The molecule has 110 valence electrons. The lowest BCUT2D eigenvalue weighted by atomic mass is 10.1. The predicted molar refractivity (Wildman–Crippen MR) is 64.6 cm³/mol.